The van der Waals surface area contributed by atoms with Gasteiger partial charge in [-0.3, -0.25) is 4.90 Å². The first-order valence-electron chi connectivity index (χ1n) is 6.36. The van der Waals surface area contributed by atoms with Crippen LogP contribution in [0.3, 0.4) is 0 Å². The first-order valence-corrected chi connectivity index (χ1v) is 7.52. The van der Waals surface area contributed by atoms with Crippen LogP contribution in [0.4, 0.5) is 0 Å². The van der Waals surface area contributed by atoms with Crippen molar-refractivity contribution in [3.05, 3.63) is 0 Å². The molecule has 3 nitrogen and oxygen atoms in total. The van der Waals surface area contributed by atoms with E-state index in [1.807, 2.05) is 18.9 Å². The zero-order chi connectivity index (χ0) is 11.8. The molecule has 2 N–H and O–H groups in total. The van der Waals surface area contributed by atoms with Crippen LogP contribution in [0.25, 0.3) is 0 Å². The monoisotopic (exact) mass is 246 g/mol. The molecule has 1 aliphatic heterocycles. The van der Waals surface area contributed by atoms with Crippen molar-refractivity contribution in [3.8, 4) is 0 Å². The van der Waals surface area contributed by atoms with Crippen LogP contribution >= 0.6 is 11.8 Å². The van der Waals surface area contributed by atoms with Gasteiger partial charge in [0.2, 0.25) is 0 Å². The van der Waals surface area contributed by atoms with Crippen LogP contribution < -0.4 is 5.73 Å². The zero-order valence-electron chi connectivity index (χ0n) is 10.7. The lowest BCUT2D eigenvalue weighted by atomic mass is 10.0. The Balaban J connectivity index is 2.25. The summed E-state index contributed by atoms with van der Waals surface area (Å²) in [6.45, 7) is 5.31. The molecule has 0 amide bonds. The summed E-state index contributed by atoms with van der Waals surface area (Å²) >= 11 is 2.01. The summed E-state index contributed by atoms with van der Waals surface area (Å²) < 4.78 is 5.39. The summed E-state index contributed by atoms with van der Waals surface area (Å²) in [4.78, 5) is 2.55. The summed E-state index contributed by atoms with van der Waals surface area (Å²) in [5.74, 6) is 2.45. The number of nitrogens with zero attached hydrogens (tertiary/aromatic N) is 1. The highest BCUT2D eigenvalue weighted by Crippen LogP contribution is 2.17. The van der Waals surface area contributed by atoms with E-state index in [4.69, 9.17) is 10.5 Å². The van der Waals surface area contributed by atoms with Crippen LogP contribution in [0.5, 0.6) is 0 Å². The Morgan fingerprint density at radius 1 is 1.44 bits per heavy atom. The van der Waals surface area contributed by atoms with E-state index in [9.17, 15) is 0 Å². The molecular formula is C12H26N2OS. The fraction of sp³-hybridized carbons (Fsp3) is 1.00. The second-order valence-corrected chi connectivity index (χ2v) is 5.74. The fourth-order valence-corrected chi connectivity index (χ4v) is 3.02. The maximum atomic E-state index is 5.87. The van der Waals surface area contributed by atoms with Gasteiger partial charge in [-0.25, -0.2) is 0 Å². The third-order valence-corrected chi connectivity index (χ3v) is 4.33. The molecular weight excluding hydrogens is 220 g/mol. The molecule has 0 spiro atoms. The van der Waals surface area contributed by atoms with E-state index in [1.54, 1.807) is 0 Å². The highest BCUT2D eigenvalue weighted by atomic mass is 32.2. The van der Waals surface area contributed by atoms with Crippen LogP contribution in [0, 0.1) is 0 Å². The molecule has 96 valence electrons. The van der Waals surface area contributed by atoms with Crippen molar-refractivity contribution in [2.75, 3.05) is 38.2 Å². The number of rotatable bonds is 7. The fourth-order valence-electron chi connectivity index (χ4n) is 2.29. The summed E-state index contributed by atoms with van der Waals surface area (Å²) in [7, 11) is 1.82. The van der Waals surface area contributed by atoms with Gasteiger partial charge in [0.05, 0.1) is 6.10 Å². The molecule has 0 aromatic carbocycles. The van der Waals surface area contributed by atoms with Crippen molar-refractivity contribution in [1.82, 2.24) is 4.90 Å². The Morgan fingerprint density at radius 2 is 2.12 bits per heavy atom. The smallest absolute Gasteiger partial charge is 0.0595 e. The summed E-state index contributed by atoms with van der Waals surface area (Å²) in [5.41, 5.74) is 5.87. The standard InChI is InChI=1S/C12H26N2OS/c1-3-16-9-6-11(10-13)14-7-4-12(15-2)5-8-14/h11-12H,3-10,13H2,1-2H3. The maximum absolute atomic E-state index is 5.87. The van der Waals surface area contributed by atoms with Gasteiger partial charge in [0, 0.05) is 32.8 Å². The number of hydrogen-bond donors (Lipinski definition) is 1. The van der Waals surface area contributed by atoms with Crippen molar-refractivity contribution in [3.63, 3.8) is 0 Å². The van der Waals surface area contributed by atoms with Gasteiger partial charge in [-0.2, -0.15) is 11.8 Å². The Kier molecular flexibility index (Phi) is 7.45. The highest BCUT2D eigenvalue weighted by molar-refractivity contribution is 7.99. The molecule has 4 heteroatoms. The quantitative estimate of drug-likeness (QED) is 0.692. The summed E-state index contributed by atoms with van der Waals surface area (Å²) in [6, 6.07) is 0.580. The molecule has 0 radical (unpaired) electrons. The van der Waals surface area contributed by atoms with Crippen LogP contribution in [0.1, 0.15) is 26.2 Å². The van der Waals surface area contributed by atoms with Crippen molar-refractivity contribution in [2.45, 2.75) is 38.3 Å². The molecule has 0 aromatic heterocycles. The van der Waals surface area contributed by atoms with Gasteiger partial charge in [0.25, 0.3) is 0 Å². The number of likely N-dealkylation sites (tertiary alicyclic amines) is 1. The molecule has 1 unspecified atom stereocenters. The van der Waals surface area contributed by atoms with Crippen LogP contribution in [0.2, 0.25) is 0 Å². The second-order valence-electron chi connectivity index (χ2n) is 4.35. The highest BCUT2D eigenvalue weighted by Gasteiger charge is 2.23. The minimum Gasteiger partial charge on any atom is -0.381 e. The molecule has 1 fully saturated rings. The van der Waals surface area contributed by atoms with E-state index < -0.39 is 0 Å². The van der Waals surface area contributed by atoms with Gasteiger partial charge < -0.3 is 10.5 Å². The lowest BCUT2D eigenvalue weighted by Crippen LogP contribution is -2.46. The van der Waals surface area contributed by atoms with Gasteiger partial charge in [-0.15, -0.1) is 0 Å². The topological polar surface area (TPSA) is 38.5 Å². The average Bonchev–Trinajstić information content (AvgIpc) is 2.35. The minimum absolute atomic E-state index is 0.472. The summed E-state index contributed by atoms with van der Waals surface area (Å²) in [5, 5.41) is 0. The number of hydrogen-bond acceptors (Lipinski definition) is 4. The lowest BCUT2D eigenvalue weighted by Gasteiger charge is -2.36. The molecule has 16 heavy (non-hydrogen) atoms. The van der Waals surface area contributed by atoms with Crippen molar-refractivity contribution in [2.24, 2.45) is 5.73 Å². The molecule has 1 saturated heterocycles. The van der Waals surface area contributed by atoms with Crippen molar-refractivity contribution in [1.29, 1.82) is 0 Å². The van der Waals surface area contributed by atoms with Crippen molar-refractivity contribution >= 4 is 11.8 Å². The molecule has 1 rings (SSSR count). The maximum Gasteiger partial charge on any atom is 0.0595 e. The Bertz CT molecular complexity index is 170. The second kappa shape index (κ2) is 8.34. The van der Waals surface area contributed by atoms with Crippen LogP contribution in [0.15, 0.2) is 0 Å². The molecule has 0 aliphatic carbocycles. The van der Waals surface area contributed by atoms with Crippen LogP contribution in [-0.2, 0) is 4.74 Å². The third-order valence-electron chi connectivity index (χ3n) is 3.40. The van der Waals surface area contributed by atoms with E-state index >= 15 is 0 Å². The Hall–Kier alpha value is 0.230. The molecule has 0 saturated carbocycles. The van der Waals surface area contributed by atoms with Gasteiger partial charge in [-0.1, -0.05) is 6.92 Å². The number of methoxy groups -OCH3 is 1. The predicted molar refractivity (Wildman–Crippen MR) is 72.1 cm³/mol. The van der Waals surface area contributed by atoms with Gasteiger partial charge in [0.15, 0.2) is 0 Å². The number of nitrogens with two attached hydrogens (primary N) is 1. The van der Waals surface area contributed by atoms with E-state index in [2.05, 4.69) is 11.8 Å². The first kappa shape index (κ1) is 14.3. The normalized spacial score (nSPS) is 21.2. The van der Waals surface area contributed by atoms with E-state index in [0.29, 0.717) is 12.1 Å². The number of thioether (sulfide) groups is 1. The van der Waals surface area contributed by atoms with E-state index in [-0.39, 0.29) is 0 Å². The zero-order valence-corrected chi connectivity index (χ0v) is 11.5. The molecule has 1 aliphatic rings. The van der Waals surface area contributed by atoms with Gasteiger partial charge in [0.1, 0.15) is 0 Å². The molecule has 0 aromatic rings. The minimum atomic E-state index is 0.472. The molecule has 1 heterocycles. The average molecular weight is 246 g/mol. The summed E-state index contributed by atoms with van der Waals surface area (Å²) in [6.07, 6.45) is 4.02. The SMILES string of the molecule is CCSCCC(CN)N1CCC(OC)CC1. The van der Waals surface area contributed by atoms with Crippen molar-refractivity contribution < 1.29 is 4.74 Å². The molecule has 1 atom stereocenters. The Morgan fingerprint density at radius 3 is 2.62 bits per heavy atom. The number of piperidine rings is 1. The van der Waals surface area contributed by atoms with E-state index in [0.717, 1.165) is 32.5 Å². The Labute approximate surface area is 104 Å². The van der Waals surface area contributed by atoms with Gasteiger partial charge >= 0.3 is 0 Å². The molecule has 0 bridgehead atoms. The van der Waals surface area contributed by atoms with Crippen LogP contribution in [-0.4, -0.2) is 55.3 Å². The van der Waals surface area contributed by atoms with Gasteiger partial charge in [-0.05, 0) is 30.8 Å². The lowest BCUT2D eigenvalue weighted by molar-refractivity contribution is 0.0280. The third kappa shape index (κ3) is 4.62. The first-order chi connectivity index (χ1) is 7.81. The largest absolute Gasteiger partial charge is 0.381 e. The number of ether oxygens (including phenoxy) is 1. The van der Waals surface area contributed by atoms with E-state index in [1.165, 1.54) is 17.9 Å². The predicted octanol–water partition coefficient (Wildman–Crippen LogP) is 1.57.